The van der Waals surface area contributed by atoms with Crippen molar-refractivity contribution in [3.63, 3.8) is 0 Å². The molecule has 2 amide bonds. The lowest BCUT2D eigenvalue weighted by Crippen LogP contribution is -2.09. The summed E-state index contributed by atoms with van der Waals surface area (Å²) in [7, 11) is 0. The molecule has 6 heteroatoms. The van der Waals surface area contributed by atoms with Gasteiger partial charge in [0.2, 0.25) is 11.8 Å². The third-order valence-corrected chi connectivity index (χ3v) is 0.777. The van der Waals surface area contributed by atoms with E-state index >= 15 is 0 Å². The van der Waals surface area contributed by atoms with Crippen LogP contribution in [0.3, 0.4) is 0 Å². The Bertz CT molecular complexity index is 128. The first-order chi connectivity index (χ1) is 5.00. The molecule has 0 radical (unpaired) electrons. The number of unbranched alkanes of at least 4 members (excludes halogenated alkanes) is 1. The van der Waals surface area contributed by atoms with Crippen molar-refractivity contribution in [2.75, 3.05) is 0 Å². The fourth-order valence-electron chi connectivity index (χ4n) is 0.351. The lowest BCUT2D eigenvalue weighted by atomic mass is 10.2. The maximum atomic E-state index is 9.98. The van der Waals surface area contributed by atoms with Crippen LogP contribution in [-0.4, -0.2) is 11.8 Å². The van der Waals surface area contributed by atoms with Gasteiger partial charge in [0.05, 0.1) is 0 Å². The lowest BCUT2D eigenvalue weighted by Gasteiger charge is -1.86. The molecule has 0 unspecified atom stereocenters. The SMILES string of the molecule is CC(N)=O.CCCCC(N)=O.Cl.Cl. The minimum atomic E-state index is -0.333. The van der Waals surface area contributed by atoms with Gasteiger partial charge < -0.3 is 11.5 Å². The van der Waals surface area contributed by atoms with Gasteiger partial charge in [0.1, 0.15) is 0 Å². The first-order valence-corrected chi connectivity index (χ1v) is 3.55. The summed E-state index contributed by atoms with van der Waals surface area (Å²) in [5.74, 6) is -0.526. The minimum Gasteiger partial charge on any atom is -0.370 e. The second-order valence-corrected chi connectivity index (χ2v) is 2.18. The summed E-state index contributed by atoms with van der Waals surface area (Å²) in [6, 6.07) is 0. The number of carbonyl (C=O) groups is 2. The topological polar surface area (TPSA) is 86.2 Å². The van der Waals surface area contributed by atoms with Crippen LogP contribution in [0, 0.1) is 0 Å². The highest BCUT2D eigenvalue weighted by atomic mass is 35.5. The fourth-order valence-corrected chi connectivity index (χ4v) is 0.351. The molecule has 0 bridgehead atoms. The highest BCUT2D eigenvalue weighted by molar-refractivity contribution is 5.85. The molecular weight excluding hydrogens is 215 g/mol. The summed E-state index contributed by atoms with van der Waals surface area (Å²) in [5.41, 5.74) is 9.31. The van der Waals surface area contributed by atoms with Crippen molar-refractivity contribution in [2.24, 2.45) is 11.5 Å². The van der Waals surface area contributed by atoms with Crippen LogP contribution < -0.4 is 11.5 Å². The Balaban J connectivity index is -0.0000000600. The van der Waals surface area contributed by atoms with Crippen LogP contribution in [0.15, 0.2) is 0 Å². The zero-order valence-electron chi connectivity index (χ0n) is 7.91. The molecule has 13 heavy (non-hydrogen) atoms. The smallest absolute Gasteiger partial charge is 0.217 e. The van der Waals surface area contributed by atoms with Gasteiger partial charge in [-0.1, -0.05) is 13.3 Å². The first kappa shape index (κ1) is 22.9. The molecule has 0 heterocycles. The second kappa shape index (κ2) is 17.6. The monoisotopic (exact) mass is 232 g/mol. The van der Waals surface area contributed by atoms with E-state index in [0.717, 1.165) is 12.8 Å². The van der Waals surface area contributed by atoms with Crippen LogP contribution in [0.2, 0.25) is 0 Å². The molecule has 0 fully saturated rings. The third kappa shape index (κ3) is 84.3. The summed E-state index contributed by atoms with van der Waals surface area (Å²) >= 11 is 0. The maximum absolute atomic E-state index is 9.98. The molecule has 82 valence electrons. The molecule has 0 aliphatic heterocycles. The van der Waals surface area contributed by atoms with E-state index in [-0.39, 0.29) is 36.6 Å². The molecule has 0 aliphatic carbocycles. The number of rotatable bonds is 3. The average Bonchev–Trinajstić information content (AvgIpc) is 1.82. The molecule has 0 saturated heterocycles. The van der Waals surface area contributed by atoms with Crippen molar-refractivity contribution in [3.05, 3.63) is 0 Å². The zero-order valence-corrected chi connectivity index (χ0v) is 9.54. The highest BCUT2D eigenvalue weighted by Gasteiger charge is 1.88. The Hall–Kier alpha value is -0.480. The molecule has 0 atom stereocenters. The van der Waals surface area contributed by atoms with Crippen LogP contribution in [0.25, 0.3) is 0 Å². The number of carbonyl (C=O) groups excluding carboxylic acids is 2. The predicted octanol–water partition coefficient (Wildman–Crippen LogP) is 0.997. The van der Waals surface area contributed by atoms with Crippen LogP contribution in [0.1, 0.15) is 33.1 Å². The number of halogens is 2. The summed E-state index contributed by atoms with van der Waals surface area (Å²) in [4.78, 5) is 19.2. The molecule has 0 rings (SSSR count). The van der Waals surface area contributed by atoms with E-state index in [9.17, 15) is 9.59 Å². The zero-order chi connectivity index (χ0) is 9.28. The van der Waals surface area contributed by atoms with E-state index in [1.54, 1.807) is 0 Å². The van der Waals surface area contributed by atoms with E-state index in [0.29, 0.717) is 6.42 Å². The van der Waals surface area contributed by atoms with Crippen molar-refractivity contribution in [1.29, 1.82) is 0 Å². The largest absolute Gasteiger partial charge is 0.370 e. The molecule has 0 aliphatic rings. The summed E-state index contributed by atoms with van der Waals surface area (Å²) in [5, 5.41) is 0. The Morgan fingerprint density at radius 1 is 1.15 bits per heavy atom. The van der Waals surface area contributed by atoms with E-state index in [2.05, 4.69) is 5.73 Å². The molecule has 4 N–H and O–H groups in total. The lowest BCUT2D eigenvalue weighted by molar-refractivity contribution is -0.118. The summed E-state index contributed by atoms with van der Waals surface area (Å²) in [6.07, 6.45) is 2.51. The summed E-state index contributed by atoms with van der Waals surface area (Å²) in [6.45, 7) is 3.34. The first-order valence-electron chi connectivity index (χ1n) is 3.55. The fraction of sp³-hybridized carbons (Fsp3) is 0.714. The summed E-state index contributed by atoms with van der Waals surface area (Å²) < 4.78 is 0. The number of amides is 2. The van der Waals surface area contributed by atoms with Crippen molar-refractivity contribution >= 4 is 36.6 Å². The molecule has 0 aromatic heterocycles. The number of primary amides is 2. The highest BCUT2D eigenvalue weighted by Crippen LogP contribution is 1.89. The van der Waals surface area contributed by atoms with Crippen molar-refractivity contribution < 1.29 is 9.59 Å². The quantitative estimate of drug-likeness (QED) is 0.761. The van der Waals surface area contributed by atoms with Gasteiger partial charge in [-0.15, -0.1) is 24.8 Å². The molecule has 0 aromatic rings. The van der Waals surface area contributed by atoms with Gasteiger partial charge >= 0.3 is 0 Å². The van der Waals surface area contributed by atoms with Crippen LogP contribution in [0.4, 0.5) is 0 Å². The minimum absolute atomic E-state index is 0. The van der Waals surface area contributed by atoms with Crippen LogP contribution in [0.5, 0.6) is 0 Å². The normalized spacial score (nSPS) is 6.62. The standard InChI is InChI=1S/C5H11NO.C2H5NO.2ClH/c1-2-3-4-5(6)7;1-2(3)4;;/h2-4H2,1H3,(H2,6,7);1H3,(H2,3,4);2*1H. The van der Waals surface area contributed by atoms with Gasteiger partial charge in [-0.2, -0.15) is 0 Å². The van der Waals surface area contributed by atoms with E-state index in [4.69, 9.17) is 5.73 Å². The van der Waals surface area contributed by atoms with Gasteiger partial charge in [-0.3, -0.25) is 9.59 Å². The number of hydrogen-bond donors (Lipinski definition) is 2. The molecule has 0 saturated carbocycles. The van der Waals surface area contributed by atoms with Crippen LogP contribution in [-0.2, 0) is 9.59 Å². The van der Waals surface area contributed by atoms with Gasteiger partial charge in [0.25, 0.3) is 0 Å². The molecular formula is C7H18Cl2N2O2. The Labute approximate surface area is 91.2 Å². The third-order valence-electron chi connectivity index (χ3n) is 0.777. The number of nitrogens with two attached hydrogens (primary N) is 2. The van der Waals surface area contributed by atoms with Gasteiger partial charge in [-0.05, 0) is 6.42 Å². The van der Waals surface area contributed by atoms with Gasteiger partial charge in [-0.25, -0.2) is 0 Å². The maximum Gasteiger partial charge on any atom is 0.217 e. The second-order valence-electron chi connectivity index (χ2n) is 2.18. The van der Waals surface area contributed by atoms with Crippen molar-refractivity contribution in [2.45, 2.75) is 33.1 Å². The average molecular weight is 233 g/mol. The Kier molecular flexibility index (Phi) is 30.9. The molecule has 0 aromatic carbocycles. The molecule has 0 spiro atoms. The van der Waals surface area contributed by atoms with E-state index in [1.807, 2.05) is 6.92 Å². The van der Waals surface area contributed by atoms with Gasteiger partial charge in [0.15, 0.2) is 0 Å². The number of hydrogen-bond acceptors (Lipinski definition) is 2. The van der Waals surface area contributed by atoms with Crippen molar-refractivity contribution in [1.82, 2.24) is 0 Å². The molecule has 4 nitrogen and oxygen atoms in total. The van der Waals surface area contributed by atoms with Crippen LogP contribution >= 0.6 is 24.8 Å². The Morgan fingerprint density at radius 2 is 1.46 bits per heavy atom. The van der Waals surface area contributed by atoms with E-state index in [1.165, 1.54) is 6.92 Å². The van der Waals surface area contributed by atoms with Gasteiger partial charge in [0, 0.05) is 13.3 Å². The van der Waals surface area contributed by atoms with Crippen molar-refractivity contribution in [3.8, 4) is 0 Å². The van der Waals surface area contributed by atoms with E-state index < -0.39 is 0 Å². The predicted molar refractivity (Wildman–Crippen MR) is 58.1 cm³/mol. The Morgan fingerprint density at radius 3 is 1.54 bits per heavy atom.